The monoisotopic (exact) mass is 822 g/mol. The van der Waals surface area contributed by atoms with Gasteiger partial charge in [0.25, 0.3) is 0 Å². The van der Waals surface area contributed by atoms with Crippen LogP contribution in [0.3, 0.4) is 0 Å². The highest BCUT2D eigenvalue weighted by Gasteiger charge is 2.21. The van der Waals surface area contributed by atoms with Crippen molar-refractivity contribution >= 4 is 23.8 Å². The van der Waals surface area contributed by atoms with Crippen molar-refractivity contribution in [2.24, 2.45) is 11.8 Å². The molecule has 2 atom stereocenters. The Hall–Kier alpha value is -2.12. The molecule has 0 aromatic carbocycles. The maximum Gasteiger partial charge on any atom is 0.308 e. The second-order valence-electron chi connectivity index (χ2n) is 17.4. The SMILES string of the molecule is CCCCCCCCC(CCCCCC)C(=O)OCCCCCCN(CCCCCCOC(=O)C(CCCCCC)CCCCCCCC)C(=O)CCCCC(=O)O. The molecule has 0 saturated heterocycles. The van der Waals surface area contributed by atoms with E-state index in [2.05, 4.69) is 27.7 Å². The van der Waals surface area contributed by atoms with Gasteiger partial charge in [0.15, 0.2) is 0 Å². The van der Waals surface area contributed by atoms with Gasteiger partial charge in [-0.05, 0) is 77.0 Å². The van der Waals surface area contributed by atoms with E-state index in [0.29, 0.717) is 45.6 Å². The molecule has 8 nitrogen and oxygen atoms in total. The fourth-order valence-corrected chi connectivity index (χ4v) is 7.91. The van der Waals surface area contributed by atoms with Gasteiger partial charge in [-0.25, -0.2) is 0 Å². The summed E-state index contributed by atoms with van der Waals surface area (Å²) < 4.78 is 11.6. The van der Waals surface area contributed by atoms with Crippen LogP contribution in [0, 0.1) is 11.8 Å². The van der Waals surface area contributed by atoms with Crippen molar-refractivity contribution in [1.29, 1.82) is 0 Å². The van der Waals surface area contributed by atoms with E-state index in [9.17, 15) is 19.2 Å². The number of hydrogen-bond acceptors (Lipinski definition) is 6. The molecule has 1 amide bonds. The number of nitrogens with zero attached hydrogens (tertiary/aromatic N) is 1. The van der Waals surface area contributed by atoms with Gasteiger partial charge in [0.05, 0.1) is 25.0 Å². The molecule has 0 fully saturated rings. The maximum absolute atomic E-state index is 13.2. The number of carbonyl (C=O) groups excluding carboxylic acids is 3. The van der Waals surface area contributed by atoms with Crippen LogP contribution in [-0.4, -0.2) is 60.1 Å². The molecule has 0 heterocycles. The van der Waals surface area contributed by atoms with Gasteiger partial charge < -0.3 is 19.5 Å². The first-order valence-corrected chi connectivity index (χ1v) is 25.1. The predicted octanol–water partition coefficient (Wildman–Crippen LogP) is 14.3. The topological polar surface area (TPSA) is 110 Å². The average Bonchev–Trinajstić information content (AvgIpc) is 3.21. The second kappa shape index (κ2) is 43.0. The maximum atomic E-state index is 13.2. The zero-order chi connectivity index (χ0) is 42.7. The third-order valence-corrected chi connectivity index (χ3v) is 11.8. The molecule has 0 aliphatic carbocycles. The number of hydrogen-bond donors (Lipinski definition) is 1. The smallest absolute Gasteiger partial charge is 0.308 e. The van der Waals surface area contributed by atoms with Crippen LogP contribution >= 0.6 is 0 Å². The Balaban J connectivity index is 4.67. The molecular weight excluding hydrogens is 727 g/mol. The Labute approximate surface area is 358 Å². The van der Waals surface area contributed by atoms with Crippen LogP contribution in [0.2, 0.25) is 0 Å². The number of unbranched alkanes of at least 4 members (excludes halogenated alkanes) is 23. The normalized spacial score (nSPS) is 12.3. The summed E-state index contributed by atoms with van der Waals surface area (Å²) in [6.45, 7) is 11.3. The molecule has 2 unspecified atom stereocenters. The van der Waals surface area contributed by atoms with Crippen molar-refractivity contribution in [2.45, 2.75) is 259 Å². The van der Waals surface area contributed by atoms with E-state index in [4.69, 9.17) is 14.6 Å². The summed E-state index contributed by atoms with van der Waals surface area (Å²) >= 11 is 0. The first-order chi connectivity index (χ1) is 28.3. The number of carbonyl (C=O) groups is 4. The van der Waals surface area contributed by atoms with Crippen LogP contribution in [0.5, 0.6) is 0 Å². The Morgan fingerprint density at radius 1 is 0.397 bits per heavy atom. The van der Waals surface area contributed by atoms with E-state index >= 15 is 0 Å². The Morgan fingerprint density at radius 2 is 0.707 bits per heavy atom. The van der Waals surface area contributed by atoms with Gasteiger partial charge >= 0.3 is 17.9 Å². The molecule has 0 radical (unpaired) electrons. The van der Waals surface area contributed by atoms with Crippen LogP contribution in [0.1, 0.15) is 259 Å². The molecule has 0 rings (SSSR count). The number of carboxylic acid groups (broad SMARTS) is 1. The summed E-state index contributed by atoms with van der Waals surface area (Å²) in [4.78, 5) is 52.1. The van der Waals surface area contributed by atoms with E-state index in [1.165, 1.54) is 103 Å². The van der Waals surface area contributed by atoms with Crippen LogP contribution in [-0.2, 0) is 28.7 Å². The molecule has 0 saturated carbocycles. The van der Waals surface area contributed by atoms with Crippen LogP contribution in [0.25, 0.3) is 0 Å². The summed E-state index contributed by atoms with van der Waals surface area (Å²) in [6, 6.07) is 0. The number of esters is 2. The molecule has 342 valence electrons. The van der Waals surface area contributed by atoms with Crippen LogP contribution < -0.4 is 0 Å². The van der Waals surface area contributed by atoms with Crippen molar-refractivity contribution in [3.05, 3.63) is 0 Å². The second-order valence-corrected chi connectivity index (χ2v) is 17.4. The lowest BCUT2D eigenvalue weighted by molar-refractivity contribution is -0.150. The number of aliphatic carboxylic acids is 1. The van der Waals surface area contributed by atoms with Gasteiger partial charge in [-0.15, -0.1) is 0 Å². The average molecular weight is 822 g/mol. The Morgan fingerprint density at radius 3 is 1.09 bits per heavy atom. The molecule has 0 spiro atoms. The third kappa shape index (κ3) is 35.8. The fraction of sp³-hybridized carbons (Fsp3) is 0.920. The molecule has 0 aliphatic heterocycles. The van der Waals surface area contributed by atoms with Crippen molar-refractivity contribution < 1.29 is 33.8 Å². The number of amides is 1. The molecule has 0 bridgehead atoms. The quantitative estimate of drug-likeness (QED) is 0.0481. The van der Waals surface area contributed by atoms with Crippen molar-refractivity contribution in [3.63, 3.8) is 0 Å². The van der Waals surface area contributed by atoms with Gasteiger partial charge in [0.2, 0.25) is 5.91 Å². The fourth-order valence-electron chi connectivity index (χ4n) is 7.91. The van der Waals surface area contributed by atoms with Gasteiger partial charge in [0, 0.05) is 25.9 Å². The molecule has 1 N–H and O–H groups in total. The van der Waals surface area contributed by atoms with E-state index in [-0.39, 0.29) is 36.1 Å². The minimum atomic E-state index is -0.818. The molecule has 0 aromatic rings. The molecule has 58 heavy (non-hydrogen) atoms. The van der Waals surface area contributed by atoms with Gasteiger partial charge in [-0.2, -0.15) is 0 Å². The summed E-state index contributed by atoms with van der Waals surface area (Å²) in [6.07, 6.45) is 37.0. The highest BCUT2D eigenvalue weighted by Crippen LogP contribution is 2.22. The number of rotatable bonds is 45. The third-order valence-electron chi connectivity index (χ3n) is 11.8. The van der Waals surface area contributed by atoms with Crippen molar-refractivity contribution in [2.75, 3.05) is 26.3 Å². The summed E-state index contributed by atoms with van der Waals surface area (Å²) in [7, 11) is 0. The first-order valence-electron chi connectivity index (χ1n) is 25.1. The highest BCUT2D eigenvalue weighted by molar-refractivity contribution is 5.76. The van der Waals surface area contributed by atoms with E-state index in [1.54, 1.807) is 0 Å². The van der Waals surface area contributed by atoms with Gasteiger partial charge in [-0.3, -0.25) is 19.2 Å². The Kier molecular flexibility index (Phi) is 41.4. The summed E-state index contributed by atoms with van der Waals surface area (Å²) in [5.74, 6) is -0.655. The van der Waals surface area contributed by atoms with E-state index in [0.717, 1.165) is 103 Å². The molecule has 0 aliphatic rings. The molecule has 0 aromatic heterocycles. The largest absolute Gasteiger partial charge is 0.481 e. The van der Waals surface area contributed by atoms with Gasteiger partial charge in [0.1, 0.15) is 0 Å². The Bertz CT molecular complexity index is 898. The predicted molar refractivity (Wildman–Crippen MR) is 242 cm³/mol. The summed E-state index contributed by atoms with van der Waals surface area (Å²) in [5.41, 5.74) is 0. The number of ether oxygens (including phenoxy) is 2. The minimum Gasteiger partial charge on any atom is -0.481 e. The first kappa shape index (κ1) is 55.9. The van der Waals surface area contributed by atoms with Crippen molar-refractivity contribution in [3.8, 4) is 0 Å². The lowest BCUT2D eigenvalue weighted by Crippen LogP contribution is -2.32. The lowest BCUT2D eigenvalue weighted by atomic mass is 9.94. The zero-order valence-electron chi connectivity index (χ0n) is 38.8. The van der Waals surface area contributed by atoms with Crippen LogP contribution in [0.4, 0.5) is 0 Å². The molecular formula is C50H95NO7. The highest BCUT2D eigenvalue weighted by atomic mass is 16.5. The lowest BCUT2D eigenvalue weighted by Gasteiger charge is -2.23. The van der Waals surface area contributed by atoms with E-state index in [1.807, 2.05) is 4.90 Å². The van der Waals surface area contributed by atoms with E-state index < -0.39 is 5.97 Å². The number of carboxylic acids is 1. The van der Waals surface area contributed by atoms with Crippen LogP contribution in [0.15, 0.2) is 0 Å². The molecule has 8 heteroatoms. The zero-order valence-corrected chi connectivity index (χ0v) is 38.8. The summed E-state index contributed by atoms with van der Waals surface area (Å²) in [5, 5.41) is 9.00. The van der Waals surface area contributed by atoms with Crippen molar-refractivity contribution in [1.82, 2.24) is 4.90 Å². The standard InChI is InChI=1S/C50H95NO7/c1-5-9-13-17-19-27-37-45(35-25-15-11-7-3)49(55)57-43-33-23-21-31-41-51(47(52)39-29-30-40-48(53)54)42-32-22-24-34-44-58-50(56)46(36-26-16-12-8-4)38-28-20-18-14-10-6-2/h45-46H,5-44H2,1-4H3,(H,53,54). The minimum absolute atomic E-state index is 0.00612. The van der Waals surface area contributed by atoms with Gasteiger partial charge in [-0.1, -0.05) is 169 Å².